The molecule has 0 atom stereocenters. The van der Waals surface area contributed by atoms with Crippen LogP contribution in [0.1, 0.15) is 6.92 Å². The lowest BCUT2D eigenvalue weighted by atomic mass is 10.3. The zero-order valence-electron chi connectivity index (χ0n) is 15.1. The van der Waals surface area contributed by atoms with E-state index < -0.39 is 6.09 Å². The third kappa shape index (κ3) is 4.25. The molecule has 27 heavy (non-hydrogen) atoms. The van der Waals surface area contributed by atoms with E-state index in [0.29, 0.717) is 41.4 Å². The molecule has 142 valence electrons. The van der Waals surface area contributed by atoms with Crippen LogP contribution >= 0.6 is 11.8 Å². The number of para-hydroxylation sites is 2. The number of nitrogen functional groups attached to an aromatic ring is 1. The zero-order valence-corrected chi connectivity index (χ0v) is 16.0. The number of aromatic nitrogens is 3. The van der Waals surface area contributed by atoms with Crippen LogP contribution in [0.15, 0.2) is 41.6 Å². The quantitative estimate of drug-likeness (QED) is 0.470. The van der Waals surface area contributed by atoms with Gasteiger partial charge in [-0.15, -0.1) is 0 Å². The summed E-state index contributed by atoms with van der Waals surface area (Å²) in [7, 11) is 1.55. The largest absolute Gasteiger partial charge is 0.481 e. The van der Waals surface area contributed by atoms with Crippen LogP contribution in [0.5, 0.6) is 5.88 Å². The Balaban J connectivity index is 1.70. The first-order valence-corrected chi connectivity index (χ1v) is 9.44. The van der Waals surface area contributed by atoms with Gasteiger partial charge in [0.15, 0.2) is 11.0 Å². The van der Waals surface area contributed by atoms with Crippen molar-refractivity contribution in [3.8, 4) is 5.88 Å². The molecule has 0 amide bonds. The van der Waals surface area contributed by atoms with Gasteiger partial charge in [0.05, 0.1) is 30.4 Å². The number of nitrogens with one attached hydrogen (secondary N) is 1. The van der Waals surface area contributed by atoms with Gasteiger partial charge in [0.1, 0.15) is 0 Å². The van der Waals surface area contributed by atoms with Crippen molar-refractivity contribution in [2.24, 2.45) is 0 Å². The summed E-state index contributed by atoms with van der Waals surface area (Å²) in [6, 6.07) is 10.9. The van der Waals surface area contributed by atoms with Crippen LogP contribution in [-0.4, -0.2) is 46.6 Å². The van der Waals surface area contributed by atoms with Gasteiger partial charge in [-0.3, -0.25) is 0 Å². The highest BCUT2D eigenvalue weighted by molar-refractivity contribution is 7.99. The molecule has 2 aromatic heterocycles. The van der Waals surface area contributed by atoms with Crippen LogP contribution < -0.4 is 15.8 Å². The average molecular weight is 387 g/mol. The van der Waals surface area contributed by atoms with Crippen molar-refractivity contribution < 1.29 is 14.3 Å². The number of hydrogen-bond acceptors (Lipinski definition) is 8. The Morgan fingerprint density at radius 2 is 2.07 bits per heavy atom. The summed E-state index contributed by atoms with van der Waals surface area (Å²) in [6.45, 7) is 2.66. The van der Waals surface area contributed by atoms with Crippen LogP contribution in [0, 0.1) is 0 Å². The summed E-state index contributed by atoms with van der Waals surface area (Å²) in [5.41, 5.74) is 7.94. The van der Waals surface area contributed by atoms with Gasteiger partial charge >= 0.3 is 6.09 Å². The Kier molecular flexibility index (Phi) is 6.02. The van der Waals surface area contributed by atoms with E-state index in [0.717, 1.165) is 11.0 Å². The maximum atomic E-state index is 12.3. The van der Waals surface area contributed by atoms with Gasteiger partial charge in [-0.25, -0.2) is 14.3 Å². The number of methoxy groups -OCH3 is 1. The highest BCUT2D eigenvalue weighted by atomic mass is 32.2. The van der Waals surface area contributed by atoms with Crippen molar-refractivity contribution in [2.45, 2.75) is 12.1 Å². The molecule has 0 saturated carbocycles. The fraction of sp³-hybridized carbons (Fsp3) is 0.278. The summed E-state index contributed by atoms with van der Waals surface area (Å²) in [4.78, 5) is 21.2. The van der Waals surface area contributed by atoms with E-state index in [9.17, 15) is 4.79 Å². The number of imidazole rings is 1. The SMILES string of the molecule is CCOC(=O)n1c(SCCNc2nc(OC)ccc2N)nc2ccccc21. The number of thioether (sulfide) groups is 1. The van der Waals surface area contributed by atoms with Gasteiger partial charge in [-0.2, -0.15) is 4.98 Å². The second-order valence-corrected chi connectivity index (χ2v) is 6.55. The third-order valence-corrected chi connectivity index (χ3v) is 4.66. The van der Waals surface area contributed by atoms with E-state index in [-0.39, 0.29) is 0 Å². The molecule has 0 bridgehead atoms. The average Bonchev–Trinajstić information content (AvgIpc) is 3.05. The number of nitrogens with two attached hydrogens (primary N) is 1. The van der Waals surface area contributed by atoms with Crippen LogP contribution in [-0.2, 0) is 4.74 Å². The molecule has 0 fully saturated rings. The van der Waals surface area contributed by atoms with Gasteiger partial charge < -0.3 is 20.5 Å². The molecule has 2 heterocycles. The van der Waals surface area contributed by atoms with Crippen LogP contribution in [0.25, 0.3) is 11.0 Å². The number of nitrogens with zero attached hydrogens (tertiary/aromatic N) is 3. The number of benzene rings is 1. The van der Waals surface area contributed by atoms with Gasteiger partial charge in [0.25, 0.3) is 0 Å². The molecule has 0 unspecified atom stereocenters. The maximum Gasteiger partial charge on any atom is 0.420 e. The van der Waals surface area contributed by atoms with Crippen molar-refractivity contribution in [2.75, 3.05) is 37.1 Å². The highest BCUT2D eigenvalue weighted by Gasteiger charge is 2.17. The lowest BCUT2D eigenvalue weighted by molar-refractivity contribution is 0.152. The molecular formula is C18H21N5O3S. The molecule has 0 aliphatic rings. The van der Waals surface area contributed by atoms with E-state index in [1.165, 1.54) is 16.3 Å². The molecule has 3 rings (SSSR count). The molecule has 0 radical (unpaired) electrons. The van der Waals surface area contributed by atoms with E-state index >= 15 is 0 Å². The molecule has 0 saturated heterocycles. The molecule has 0 aliphatic heterocycles. The Morgan fingerprint density at radius 3 is 2.85 bits per heavy atom. The Bertz CT molecular complexity index is 944. The van der Waals surface area contributed by atoms with Gasteiger partial charge in [-0.1, -0.05) is 23.9 Å². The highest BCUT2D eigenvalue weighted by Crippen LogP contribution is 2.25. The molecule has 9 heteroatoms. The smallest absolute Gasteiger partial charge is 0.420 e. The van der Waals surface area contributed by atoms with E-state index in [1.54, 1.807) is 26.2 Å². The predicted molar refractivity (Wildman–Crippen MR) is 107 cm³/mol. The predicted octanol–water partition coefficient (Wildman–Crippen LogP) is 3.23. The van der Waals surface area contributed by atoms with Crippen molar-refractivity contribution in [1.29, 1.82) is 0 Å². The minimum Gasteiger partial charge on any atom is -0.481 e. The fourth-order valence-electron chi connectivity index (χ4n) is 2.48. The number of anilines is 2. The first-order chi connectivity index (χ1) is 13.1. The normalized spacial score (nSPS) is 10.7. The number of ether oxygens (including phenoxy) is 2. The Morgan fingerprint density at radius 1 is 1.26 bits per heavy atom. The number of fused-ring (bicyclic) bond motifs is 1. The van der Waals surface area contributed by atoms with E-state index in [1.807, 2.05) is 24.3 Å². The molecule has 0 aliphatic carbocycles. The van der Waals surface area contributed by atoms with E-state index in [4.69, 9.17) is 15.2 Å². The molecule has 3 N–H and O–H groups in total. The number of rotatable bonds is 7. The summed E-state index contributed by atoms with van der Waals surface area (Å²) in [6.07, 6.45) is -0.430. The molecule has 8 nitrogen and oxygen atoms in total. The Hall–Kier alpha value is -2.94. The van der Waals surface area contributed by atoms with Crippen molar-refractivity contribution in [1.82, 2.24) is 14.5 Å². The third-order valence-electron chi connectivity index (χ3n) is 3.72. The summed E-state index contributed by atoms with van der Waals surface area (Å²) in [5, 5.41) is 3.76. The zero-order chi connectivity index (χ0) is 19.2. The van der Waals surface area contributed by atoms with Gasteiger partial charge in [0.2, 0.25) is 5.88 Å². The number of hydrogen-bond donors (Lipinski definition) is 2. The maximum absolute atomic E-state index is 12.3. The van der Waals surface area contributed by atoms with Gasteiger partial charge in [0, 0.05) is 18.4 Å². The lowest BCUT2D eigenvalue weighted by Gasteiger charge is -2.10. The minimum atomic E-state index is -0.430. The molecule has 1 aromatic carbocycles. The first kappa shape index (κ1) is 18.8. The topological polar surface area (TPSA) is 104 Å². The Labute approximate surface area is 161 Å². The first-order valence-electron chi connectivity index (χ1n) is 8.45. The summed E-state index contributed by atoms with van der Waals surface area (Å²) >= 11 is 1.45. The number of carbonyl (C=O) groups excluding carboxylic acids is 1. The van der Waals surface area contributed by atoms with Crippen LogP contribution in [0.4, 0.5) is 16.3 Å². The second-order valence-electron chi connectivity index (χ2n) is 5.48. The van der Waals surface area contributed by atoms with Crippen molar-refractivity contribution >= 4 is 40.4 Å². The van der Waals surface area contributed by atoms with Crippen LogP contribution in [0.2, 0.25) is 0 Å². The number of pyridine rings is 1. The lowest BCUT2D eigenvalue weighted by Crippen LogP contribution is -2.15. The van der Waals surface area contributed by atoms with Crippen molar-refractivity contribution in [3.63, 3.8) is 0 Å². The van der Waals surface area contributed by atoms with Gasteiger partial charge in [-0.05, 0) is 25.1 Å². The molecule has 3 aromatic rings. The molecule has 0 spiro atoms. The monoisotopic (exact) mass is 387 g/mol. The molecular weight excluding hydrogens is 366 g/mol. The summed E-state index contributed by atoms with van der Waals surface area (Å²) < 4.78 is 11.8. The summed E-state index contributed by atoms with van der Waals surface area (Å²) in [5.74, 6) is 1.71. The second kappa shape index (κ2) is 8.63. The standard InChI is InChI=1S/C18H21N5O3S/c1-3-26-18(24)23-14-7-5-4-6-13(14)21-17(23)27-11-10-20-16-12(19)8-9-15(22-16)25-2/h4-9H,3,10-11,19H2,1-2H3,(H,20,22). The van der Waals surface area contributed by atoms with Crippen molar-refractivity contribution in [3.05, 3.63) is 36.4 Å². The van der Waals surface area contributed by atoms with E-state index in [2.05, 4.69) is 15.3 Å². The fourth-order valence-corrected chi connectivity index (χ4v) is 3.34. The van der Waals surface area contributed by atoms with Crippen LogP contribution in [0.3, 0.4) is 0 Å². The number of carbonyl (C=O) groups is 1. The minimum absolute atomic E-state index is 0.303.